The van der Waals surface area contributed by atoms with Crippen LogP contribution >= 0.6 is 11.8 Å². The third kappa shape index (κ3) is 5.57. The number of hydrogen-bond donors (Lipinski definition) is 1. The standard InChI is InChI=1S/C26H29N5O3S/c32-23(30-15-5-2-6-16-30)18-35-26-29-28-24(31(26)21-8-3-1-4-9-21)19-11-13-20(14-12-19)27-25(33)22-10-7-17-34-22/h1,3-4,8-9,11-14,22H,2,5-7,10,15-18H2,(H,27,33). The van der Waals surface area contributed by atoms with Crippen molar-refractivity contribution < 1.29 is 14.3 Å². The molecule has 8 nitrogen and oxygen atoms in total. The summed E-state index contributed by atoms with van der Waals surface area (Å²) in [6, 6.07) is 17.5. The van der Waals surface area contributed by atoms with Gasteiger partial charge in [0.05, 0.1) is 5.75 Å². The van der Waals surface area contributed by atoms with Crippen molar-refractivity contribution in [2.75, 3.05) is 30.8 Å². The second kappa shape index (κ2) is 11.0. The summed E-state index contributed by atoms with van der Waals surface area (Å²) in [4.78, 5) is 27.0. The van der Waals surface area contributed by atoms with Crippen LogP contribution in [-0.4, -0.2) is 63.0 Å². The van der Waals surface area contributed by atoms with E-state index in [4.69, 9.17) is 4.74 Å². The fourth-order valence-electron chi connectivity index (χ4n) is 4.43. The number of aromatic nitrogens is 3. The molecule has 2 saturated heterocycles. The fraction of sp³-hybridized carbons (Fsp3) is 0.385. The number of rotatable bonds is 7. The molecule has 2 amide bonds. The van der Waals surface area contributed by atoms with Gasteiger partial charge in [0.2, 0.25) is 5.91 Å². The average molecular weight is 492 g/mol. The SMILES string of the molecule is O=C(Nc1ccc(-c2nnc(SCC(=O)N3CCCCC3)n2-c2ccccc2)cc1)C1CCCO1. The number of nitrogens with zero attached hydrogens (tertiary/aromatic N) is 4. The number of carbonyl (C=O) groups is 2. The van der Waals surface area contributed by atoms with E-state index in [9.17, 15) is 9.59 Å². The minimum atomic E-state index is -0.372. The number of likely N-dealkylation sites (tertiary alicyclic amines) is 1. The number of thioether (sulfide) groups is 1. The Morgan fingerprint density at radius 2 is 1.74 bits per heavy atom. The van der Waals surface area contributed by atoms with Crippen LogP contribution in [0.15, 0.2) is 59.8 Å². The molecule has 1 atom stereocenters. The van der Waals surface area contributed by atoms with Crippen molar-refractivity contribution in [1.29, 1.82) is 0 Å². The van der Waals surface area contributed by atoms with Gasteiger partial charge in [-0.05, 0) is 68.5 Å². The minimum Gasteiger partial charge on any atom is -0.368 e. The molecule has 35 heavy (non-hydrogen) atoms. The lowest BCUT2D eigenvalue weighted by molar-refractivity contribution is -0.129. The number of ether oxygens (including phenoxy) is 1. The summed E-state index contributed by atoms with van der Waals surface area (Å²) in [6.07, 6.45) is 4.64. The molecule has 1 N–H and O–H groups in total. The van der Waals surface area contributed by atoms with Gasteiger partial charge >= 0.3 is 0 Å². The Kier molecular flexibility index (Phi) is 7.44. The molecule has 1 unspecified atom stereocenters. The van der Waals surface area contributed by atoms with Gasteiger partial charge in [-0.1, -0.05) is 30.0 Å². The second-order valence-electron chi connectivity index (χ2n) is 8.78. The minimum absolute atomic E-state index is 0.111. The molecular weight excluding hydrogens is 462 g/mol. The molecule has 3 heterocycles. The van der Waals surface area contributed by atoms with Crippen molar-refractivity contribution in [3.05, 3.63) is 54.6 Å². The maximum atomic E-state index is 12.7. The summed E-state index contributed by atoms with van der Waals surface area (Å²) in [6.45, 7) is 2.31. The Balaban J connectivity index is 1.35. The molecule has 2 fully saturated rings. The van der Waals surface area contributed by atoms with Gasteiger partial charge in [-0.15, -0.1) is 10.2 Å². The Morgan fingerprint density at radius 1 is 0.971 bits per heavy atom. The zero-order valence-corrected chi connectivity index (χ0v) is 20.4. The fourth-order valence-corrected chi connectivity index (χ4v) is 5.29. The molecule has 0 radical (unpaired) electrons. The second-order valence-corrected chi connectivity index (χ2v) is 9.72. The lowest BCUT2D eigenvalue weighted by Crippen LogP contribution is -2.36. The summed E-state index contributed by atoms with van der Waals surface area (Å²) in [5, 5.41) is 12.5. The zero-order chi connectivity index (χ0) is 24.0. The van der Waals surface area contributed by atoms with Crippen LogP contribution in [0.2, 0.25) is 0 Å². The average Bonchev–Trinajstić information content (AvgIpc) is 3.59. The van der Waals surface area contributed by atoms with Crippen LogP contribution in [0.25, 0.3) is 17.1 Å². The number of nitrogens with one attached hydrogen (secondary N) is 1. The highest BCUT2D eigenvalue weighted by Crippen LogP contribution is 2.29. The predicted octanol–water partition coefficient (Wildman–Crippen LogP) is 4.16. The van der Waals surface area contributed by atoms with Crippen molar-refractivity contribution in [2.45, 2.75) is 43.4 Å². The van der Waals surface area contributed by atoms with Crippen molar-refractivity contribution >= 4 is 29.3 Å². The van der Waals surface area contributed by atoms with Crippen LogP contribution in [0.3, 0.4) is 0 Å². The highest BCUT2D eigenvalue weighted by atomic mass is 32.2. The Labute approximate surface area is 209 Å². The number of amides is 2. The van der Waals surface area contributed by atoms with Crippen LogP contribution in [0.4, 0.5) is 5.69 Å². The number of hydrogen-bond acceptors (Lipinski definition) is 6. The van der Waals surface area contributed by atoms with E-state index in [1.807, 2.05) is 64.1 Å². The quantitative estimate of drug-likeness (QED) is 0.500. The van der Waals surface area contributed by atoms with E-state index in [1.165, 1.54) is 18.2 Å². The molecule has 3 aromatic rings. The number of benzene rings is 2. The molecule has 182 valence electrons. The summed E-state index contributed by atoms with van der Waals surface area (Å²) in [5.74, 6) is 1.05. The summed E-state index contributed by atoms with van der Waals surface area (Å²) in [5.41, 5.74) is 2.50. The van der Waals surface area contributed by atoms with Crippen LogP contribution in [0.5, 0.6) is 0 Å². The van der Waals surface area contributed by atoms with Crippen molar-refractivity contribution in [3.8, 4) is 17.1 Å². The largest absolute Gasteiger partial charge is 0.368 e. The van der Waals surface area contributed by atoms with E-state index in [0.717, 1.165) is 50.0 Å². The van der Waals surface area contributed by atoms with Crippen LogP contribution < -0.4 is 5.32 Å². The molecule has 0 saturated carbocycles. The third-order valence-electron chi connectivity index (χ3n) is 6.31. The summed E-state index contributed by atoms with van der Waals surface area (Å²) >= 11 is 1.41. The first kappa shape index (κ1) is 23.6. The molecule has 1 aromatic heterocycles. The molecule has 2 aromatic carbocycles. The van der Waals surface area contributed by atoms with Crippen LogP contribution in [0.1, 0.15) is 32.1 Å². The first-order valence-electron chi connectivity index (χ1n) is 12.1. The monoisotopic (exact) mass is 491 g/mol. The van der Waals surface area contributed by atoms with Gasteiger partial charge in [0.25, 0.3) is 5.91 Å². The summed E-state index contributed by atoms with van der Waals surface area (Å²) < 4.78 is 7.44. The van der Waals surface area contributed by atoms with E-state index in [0.29, 0.717) is 29.0 Å². The molecule has 0 aliphatic carbocycles. The van der Waals surface area contributed by atoms with E-state index in [-0.39, 0.29) is 17.9 Å². The van der Waals surface area contributed by atoms with E-state index in [2.05, 4.69) is 15.5 Å². The van der Waals surface area contributed by atoms with Gasteiger partial charge in [-0.3, -0.25) is 14.2 Å². The number of anilines is 1. The third-order valence-corrected chi connectivity index (χ3v) is 7.23. The van der Waals surface area contributed by atoms with E-state index in [1.54, 1.807) is 0 Å². The molecule has 9 heteroatoms. The van der Waals surface area contributed by atoms with E-state index >= 15 is 0 Å². The lowest BCUT2D eigenvalue weighted by atomic mass is 10.1. The number of para-hydroxylation sites is 1. The Morgan fingerprint density at radius 3 is 2.46 bits per heavy atom. The van der Waals surface area contributed by atoms with E-state index < -0.39 is 0 Å². The maximum Gasteiger partial charge on any atom is 0.253 e. The van der Waals surface area contributed by atoms with Crippen LogP contribution in [0, 0.1) is 0 Å². The highest BCUT2D eigenvalue weighted by Gasteiger charge is 2.24. The molecule has 2 aliphatic heterocycles. The van der Waals surface area contributed by atoms with Gasteiger partial charge in [0.15, 0.2) is 11.0 Å². The zero-order valence-electron chi connectivity index (χ0n) is 19.6. The van der Waals surface area contributed by atoms with Crippen molar-refractivity contribution in [3.63, 3.8) is 0 Å². The van der Waals surface area contributed by atoms with Gasteiger partial charge in [-0.25, -0.2) is 0 Å². The van der Waals surface area contributed by atoms with Gasteiger partial charge < -0.3 is 15.0 Å². The normalized spacial score (nSPS) is 17.9. The van der Waals surface area contributed by atoms with Crippen LogP contribution in [-0.2, 0) is 14.3 Å². The van der Waals surface area contributed by atoms with Gasteiger partial charge in [-0.2, -0.15) is 0 Å². The van der Waals surface area contributed by atoms with Crippen molar-refractivity contribution in [1.82, 2.24) is 19.7 Å². The number of piperidine rings is 1. The van der Waals surface area contributed by atoms with Gasteiger partial charge in [0.1, 0.15) is 6.10 Å². The Hall–Kier alpha value is -3.17. The number of carbonyl (C=O) groups excluding carboxylic acids is 2. The molecule has 0 spiro atoms. The first-order chi connectivity index (χ1) is 17.2. The lowest BCUT2D eigenvalue weighted by Gasteiger charge is -2.26. The molecule has 2 aliphatic rings. The molecular formula is C26H29N5O3S. The maximum absolute atomic E-state index is 12.7. The predicted molar refractivity (Wildman–Crippen MR) is 136 cm³/mol. The van der Waals surface area contributed by atoms with Crippen molar-refractivity contribution in [2.24, 2.45) is 0 Å². The topological polar surface area (TPSA) is 89.4 Å². The highest BCUT2D eigenvalue weighted by molar-refractivity contribution is 7.99. The smallest absolute Gasteiger partial charge is 0.253 e. The Bertz CT molecular complexity index is 1150. The first-order valence-corrected chi connectivity index (χ1v) is 13.1. The summed E-state index contributed by atoms with van der Waals surface area (Å²) in [7, 11) is 0. The molecule has 5 rings (SSSR count). The van der Waals surface area contributed by atoms with Gasteiger partial charge in [0, 0.05) is 36.6 Å². The molecule has 0 bridgehead atoms.